The number of rotatable bonds is 3. The molecule has 0 saturated carbocycles. The average molecular weight is 485 g/mol. The van der Waals surface area contributed by atoms with Crippen molar-refractivity contribution < 1.29 is 18.0 Å². The molecule has 0 atom stereocenters. The first-order chi connectivity index (χ1) is 16.3. The van der Waals surface area contributed by atoms with Gasteiger partial charge in [-0.1, -0.05) is 36.4 Å². The second-order valence-electron chi connectivity index (χ2n) is 7.91. The minimum atomic E-state index is -4.41. The van der Waals surface area contributed by atoms with Gasteiger partial charge in [0.2, 0.25) is 0 Å². The lowest BCUT2D eigenvalue weighted by Crippen LogP contribution is -2.49. The van der Waals surface area contributed by atoms with E-state index < -0.39 is 23.2 Å². The summed E-state index contributed by atoms with van der Waals surface area (Å²) in [5, 5.41) is 1.83. The second-order valence-corrected chi connectivity index (χ2v) is 8.75. The van der Waals surface area contributed by atoms with Gasteiger partial charge in [0.05, 0.1) is 11.3 Å². The SMILES string of the molecule is O=C(c1cnc2scc(-c3ccccc3)n2c1=O)N1CCN(c2cccc(C(F)(F)F)c2)CC1. The average Bonchev–Trinajstić information content (AvgIpc) is 3.29. The predicted molar refractivity (Wildman–Crippen MR) is 124 cm³/mol. The van der Waals surface area contributed by atoms with Crippen LogP contribution in [-0.2, 0) is 6.18 Å². The fourth-order valence-electron chi connectivity index (χ4n) is 4.07. The van der Waals surface area contributed by atoms with Crippen molar-refractivity contribution in [1.29, 1.82) is 0 Å². The van der Waals surface area contributed by atoms with E-state index >= 15 is 0 Å². The molecule has 174 valence electrons. The van der Waals surface area contributed by atoms with Crippen molar-refractivity contribution in [3.8, 4) is 11.3 Å². The van der Waals surface area contributed by atoms with Crippen LogP contribution in [0, 0.1) is 0 Å². The molecule has 0 spiro atoms. The number of fused-ring (bicyclic) bond motifs is 1. The maximum absolute atomic E-state index is 13.3. The number of alkyl halides is 3. The van der Waals surface area contributed by atoms with Crippen molar-refractivity contribution >= 4 is 27.9 Å². The van der Waals surface area contributed by atoms with E-state index in [1.54, 1.807) is 15.9 Å². The Balaban J connectivity index is 1.37. The van der Waals surface area contributed by atoms with Crippen LogP contribution < -0.4 is 10.5 Å². The maximum Gasteiger partial charge on any atom is 0.416 e. The monoisotopic (exact) mass is 484 g/mol. The Morgan fingerprint density at radius 1 is 0.971 bits per heavy atom. The number of hydrogen-bond donors (Lipinski definition) is 0. The van der Waals surface area contributed by atoms with Gasteiger partial charge in [0.1, 0.15) is 5.56 Å². The Hall–Kier alpha value is -3.66. The Morgan fingerprint density at radius 3 is 2.41 bits per heavy atom. The molecule has 10 heteroatoms. The van der Waals surface area contributed by atoms with Gasteiger partial charge in [0.25, 0.3) is 11.5 Å². The number of amides is 1. The van der Waals surface area contributed by atoms with Gasteiger partial charge in [-0.15, -0.1) is 11.3 Å². The summed E-state index contributed by atoms with van der Waals surface area (Å²) in [6.45, 7) is 1.29. The van der Waals surface area contributed by atoms with Crippen molar-refractivity contribution in [2.75, 3.05) is 31.1 Å². The summed E-state index contributed by atoms with van der Waals surface area (Å²) >= 11 is 1.32. The molecule has 34 heavy (non-hydrogen) atoms. The van der Waals surface area contributed by atoms with Crippen molar-refractivity contribution in [2.45, 2.75) is 6.18 Å². The highest BCUT2D eigenvalue weighted by atomic mass is 32.1. The predicted octanol–water partition coefficient (Wildman–Crippen LogP) is 4.40. The normalized spacial score (nSPS) is 14.6. The van der Waals surface area contributed by atoms with Gasteiger partial charge in [-0.2, -0.15) is 13.2 Å². The lowest BCUT2D eigenvalue weighted by Gasteiger charge is -2.36. The molecule has 0 N–H and O–H groups in total. The summed E-state index contributed by atoms with van der Waals surface area (Å²) < 4.78 is 40.6. The number of hydrogen-bond acceptors (Lipinski definition) is 5. The van der Waals surface area contributed by atoms with Gasteiger partial charge in [0.15, 0.2) is 4.96 Å². The smallest absolute Gasteiger partial charge is 0.368 e. The molecule has 1 saturated heterocycles. The molecule has 1 aliphatic rings. The molecule has 1 aliphatic heterocycles. The number of nitrogens with zero attached hydrogens (tertiary/aromatic N) is 4. The highest BCUT2D eigenvalue weighted by Gasteiger charge is 2.31. The van der Waals surface area contributed by atoms with E-state index in [4.69, 9.17) is 0 Å². The molecule has 2 aromatic carbocycles. The summed E-state index contributed by atoms with van der Waals surface area (Å²) in [5.41, 5.74) is 0.798. The Bertz CT molecular complexity index is 1410. The highest BCUT2D eigenvalue weighted by Crippen LogP contribution is 2.32. The number of anilines is 1. The minimum absolute atomic E-state index is 0.0272. The fourth-order valence-corrected chi connectivity index (χ4v) is 4.93. The van der Waals surface area contributed by atoms with E-state index in [-0.39, 0.29) is 18.7 Å². The third kappa shape index (κ3) is 4.05. The zero-order valence-electron chi connectivity index (χ0n) is 17.8. The van der Waals surface area contributed by atoms with Crippen LogP contribution in [0.15, 0.2) is 71.0 Å². The van der Waals surface area contributed by atoms with Crippen LogP contribution in [0.25, 0.3) is 16.2 Å². The van der Waals surface area contributed by atoms with Crippen LogP contribution in [0.5, 0.6) is 0 Å². The first-order valence-electron chi connectivity index (χ1n) is 10.6. The van der Waals surface area contributed by atoms with Crippen LogP contribution >= 0.6 is 11.3 Å². The zero-order valence-corrected chi connectivity index (χ0v) is 18.6. The quantitative estimate of drug-likeness (QED) is 0.433. The number of carbonyl (C=O) groups is 1. The topological polar surface area (TPSA) is 57.9 Å². The maximum atomic E-state index is 13.3. The summed E-state index contributed by atoms with van der Waals surface area (Å²) in [5.74, 6) is -0.430. The lowest BCUT2D eigenvalue weighted by atomic mass is 10.1. The molecule has 3 heterocycles. The molecule has 2 aromatic heterocycles. The third-order valence-electron chi connectivity index (χ3n) is 5.85. The summed E-state index contributed by atoms with van der Waals surface area (Å²) in [7, 11) is 0. The Morgan fingerprint density at radius 2 is 1.71 bits per heavy atom. The number of carbonyl (C=O) groups excluding carboxylic acids is 1. The van der Waals surface area contributed by atoms with Gasteiger partial charge >= 0.3 is 6.18 Å². The molecule has 6 nitrogen and oxygen atoms in total. The van der Waals surface area contributed by atoms with Crippen LogP contribution in [0.2, 0.25) is 0 Å². The van der Waals surface area contributed by atoms with Crippen molar-refractivity contribution in [3.05, 3.63) is 87.7 Å². The summed E-state index contributed by atoms with van der Waals surface area (Å²) in [6.07, 6.45) is -3.10. The van der Waals surface area contributed by atoms with Gasteiger partial charge < -0.3 is 9.80 Å². The van der Waals surface area contributed by atoms with Gasteiger partial charge in [-0.25, -0.2) is 4.98 Å². The second kappa shape index (κ2) is 8.60. The lowest BCUT2D eigenvalue weighted by molar-refractivity contribution is -0.137. The summed E-state index contributed by atoms with van der Waals surface area (Å²) in [6, 6.07) is 14.5. The van der Waals surface area contributed by atoms with Crippen LogP contribution in [0.3, 0.4) is 0 Å². The van der Waals surface area contributed by atoms with E-state index in [1.165, 1.54) is 28.0 Å². The van der Waals surface area contributed by atoms with E-state index in [0.717, 1.165) is 17.7 Å². The molecule has 0 aliphatic carbocycles. The third-order valence-corrected chi connectivity index (χ3v) is 6.69. The fraction of sp³-hybridized carbons (Fsp3) is 0.208. The van der Waals surface area contributed by atoms with Crippen molar-refractivity contribution in [3.63, 3.8) is 0 Å². The van der Waals surface area contributed by atoms with Gasteiger partial charge in [-0.3, -0.25) is 14.0 Å². The molecule has 4 aromatic rings. The first-order valence-corrected chi connectivity index (χ1v) is 11.5. The van der Waals surface area contributed by atoms with E-state index in [0.29, 0.717) is 29.4 Å². The molecule has 0 bridgehead atoms. The van der Waals surface area contributed by atoms with Crippen molar-refractivity contribution in [1.82, 2.24) is 14.3 Å². The molecule has 0 radical (unpaired) electrons. The van der Waals surface area contributed by atoms with Crippen LogP contribution in [0.4, 0.5) is 18.9 Å². The molecule has 1 amide bonds. The number of benzene rings is 2. The molecule has 1 fully saturated rings. The Kier molecular flexibility index (Phi) is 5.60. The standard InChI is InChI=1S/C24H19F3N4O2S/c25-24(26,27)17-7-4-8-18(13-17)29-9-11-30(12-10-29)21(32)19-14-28-23-31(22(19)33)20(15-34-23)16-5-2-1-3-6-16/h1-8,13-15H,9-12H2. The largest absolute Gasteiger partial charge is 0.416 e. The molecular weight excluding hydrogens is 465 g/mol. The van der Waals surface area contributed by atoms with E-state index in [1.807, 2.05) is 35.7 Å². The Labute approximate surface area is 196 Å². The van der Waals surface area contributed by atoms with Crippen LogP contribution in [-0.4, -0.2) is 46.4 Å². The zero-order chi connectivity index (χ0) is 23.9. The van der Waals surface area contributed by atoms with Crippen molar-refractivity contribution in [2.24, 2.45) is 0 Å². The van der Waals surface area contributed by atoms with E-state index in [9.17, 15) is 22.8 Å². The number of piperazine rings is 1. The minimum Gasteiger partial charge on any atom is -0.368 e. The van der Waals surface area contributed by atoms with Gasteiger partial charge in [0, 0.05) is 43.4 Å². The number of thiazole rings is 1. The van der Waals surface area contributed by atoms with Crippen LogP contribution in [0.1, 0.15) is 15.9 Å². The first kappa shape index (κ1) is 22.1. The van der Waals surface area contributed by atoms with E-state index in [2.05, 4.69) is 4.98 Å². The number of aromatic nitrogens is 2. The molecular formula is C24H19F3N4O2S. The highest BCUT2D eigenvalue weighted by molar-refractivity contribution is 7.15. The summed E-state index contributed by atoms with van der Waals surface area (Å²) in [4.78, 5) is 34.6. The van der Waals surface area contributed by atoms with Gasteiger partial charge in [-0.05, 0) is 23.8 Å². The molecule has 0 unspecified atom stereocenters. The molecule has 5 rings (SSSR count). The number of halogens is 3.